The van der Waals surface area contributed by atoms with Gasteiger partial charge >= 0.3 is 0 Å². The molecule has 0 fully saturated rings. The number of hydrogen-bond donors (Lipinski definition) is 1. The predicted molar refractivity (Wildman–Crippen MR) is 104 cm³/mol. The van der Waals surface area contributed by atoms with E-state index in [9.17, 15) is 9.59 Å². The minimum Gasteiger partial charge on any atom is -0.482 e. The lowest BCUT2D eigenvalue weighted by atomic mass is 10.1. The highest BCUT2D eigenvalue weighted by molar-refractivity contribution is 6.35. The Morgan fingerprint density at radius 1 is 1.15 bits per heavy atom. The number of ether oxygens (including phenoxy) is 1. The molecule has 0 aromatic heterocycles. The Morgan fingerprint density at radius 3 is 2.58 bits per heavy atom. The number of carbonyl (C=O) groups excluding carboxylic acids is 2. The molecule has 0 radical (unpaired) electrons. The summed E-state index contributed by atoms with van der Waals surface area (Å²) >= 11 is 11.8. The average Bonchev–Trinajstić information content (AvgIpc) is 2.61. The smallest absolute Gasteiger partial charge is 0.260 e. The number of anilines is 1. The SMILES string of the molecule is CCc1ccccc1NC(=O)CN(C)C(=O)COc1ccc(Cl)cc1Cl. The van der Waals surface area contributed by atoms with E-state index in [1.807, 2.05) is 31.2 Å². The van der Waals surface area contributed by atoms with Gasteiger partial charge in [-0.15, -0.1) is 0 Å². The quantitative estimate of drug-likeness (QED) is 0.770. The van der Waals surface area contributed by atoms with Crippen LogP contribution < -0.4 is 10.1 Å². The molecule has 138 valence electrons. The van der Waals surface area contributed by atoms with Crippen molar-refractivity contribution in [2.24, 2.45) is 0 Å². The van der Waals surface area contributed by atoms with Crippen LogP contribution in [0.3, 0.4) is 0 Å². The second-order valence-electron chi connectivity index (χ2n) is 5.67. The number of aryl methyl sites for hydroxylation is 1. The molecule has 0 aliphatic heterocycles. The van der Waals surface area contributed by atoms with Crippen LogP contribution in [0.15, 0.2) is 42.5 Å². The summed E-state index contributed by atoms with van der Waals surface area (Å²) in [5.41, 5.74) is 1.79. The van der Waals surface area contributed by atoms with Crippen molar-refractivity contribution in [1.82, 2.24) is 4.90 Å². The number of carbonyl (C=O) groups is 2. The minimum absolute atomic E-state index is 0.0748. The Balaban J connectivity index is 1.87. The molecule has 0 saturated carbocycles. The van der Waals surface area contributed by atoms with E-state index in [1.165, 1.54) is 11.0 Å². The molecule has 0 aliphatic carbocycles. The molecule has 0 aliphatic rings. The third-order valence-electron chi connectivity index (χ3n) is 3.72. The number of halogens is 2. The molecule has 5 nitrogen and oxygen atoms in total. The van der Waals surface area contributed by atoms with Crippen molar-refractivity contribution in [3.05, 3.63) is 58.1 Å². The van der Waals surface area contributed by atoms with E-state index in [-0.39, 0.29) is 25.0 Å². The molecule has 0 saturated heterocycles. The van der Waals surface area contributed by atoms with Crippen LogP contribution in [0.4, 0.5) is 5.69 Å². The fourth-order valence-corrected chi connectivity index (χ4v) is 2.75. The number of rotatable bonds is 7. The number of nitrogens with zero attached hydrogens (tertiary/aromatic N) is 1. The maximum atomic E-state index is 12.2. The largest absolute Gasteiger partial charge is 0.482 e. The van der Waals surface area contributed by atoms with Crippen LogP contribution in [0.1, 0.15) is 12.5 Å². The van der Waals surface area contributed by atoms with Crippen molar-refractivity contribution in [3.8, 4) is 5.75 Å². The molecule has 2 aromatic rings. The first kappa shape index (κ1) is 20.1. The van der Waals surface area contributed by atoms with Gasteiger partial charge in [0, 0.05) is 17.8 Å². The van der Waals surface area contributed by atoms with Gasteiger partial charge < -0.3 is 15.0 Å². The zero-order valence-electron chi connectivity index (χ0n) is 14.6. The van der Waals surface area contributed by atoms with Gasteiger partial charge in [-0.2, -0.15) is 0 Å². The molecular weight excluding hydrogens is 375 g/mol. The van der Waals surface area contributed by atoms with Crippen molar-refractivity contribution in [2.45, 2.75) is 13.3 Å². The van der Waals surface area contributed by atoms with Crippen LogP contribution in [0.2, 0.25) is 10.0 Å². The van der Waals surface area contributed by atoms with Gasteiger partial charge in [0.25, 0.3) is 5.91 Å². The maximum absolute atomic E-state index is 12.2. The summed E-state index contributed by atoms with van der Waals surface area (Å²) in [5, 5.41) is 3.63. The van der Waals surface area contributed by atoms with Crippen molar-refractivity contribution in [2.75, 3.05) is 25.5 Å². The summed E-state index contributed by atoms with van der Waals surface area (Å²) in [6.07, 6.45) is 0.806. The fraction of sp³-hybridized carbons (Fsp3) is 0.263. The maximum Gasteiger partial charge on any atom is 0.260 e. The summed E-state index contributed by atoms with van der Waals surface area (Å²) in [6, 6.07) is 12.3. The number of hydrogen-bond acceptors (Lipinski definition) is 3. The monoisotopic (exact) mass is 394 g/mol. The standard InChI is InChI=1S/C19H20Cl2N2O3/c1-3-13-6-4-5-7-16(13)22-18(24)11-23(2)19(25)12-26-17-9-8-14(20)10-15(17)21/h4-10H,3,11-12H2,1-2H3,(H,22,24). The molecule has 2 rings (SSSR count). The normalized spacial score (nSPS) is 10.3. The van der Waals surface area contributed by atoms with Gasteiger partial charge in [-0.3, -0.25) is 9.59 Å². The summed E-state index contributed by atoms with van der Waals surface area (Å²) < 4.78 is 5.40. The molecule has 0 spiro atoms. The van der Waals surface area contributed by atoms with Crippen LogP contribution in [0, 0.1) is 0 Å². The Kier molecular flexibility index (Phi) is 7.30. The van der Waals surface area contributed by atoms with Crippen LogP contribution in [0.25, 0.3) is 0 Å². The van der Waals surface area contributed by atoms with Crippen LogP contribution in [-0.2, 0) is 16.0 Å². The topological polar surface area (TPSA) is 58.6 Å². The van der Waals surface area contributed by atoms with Gasteiger partial charge in [-0.25, -0.2) is 0 Å². The number of para-hydroxylation sites is 1. The van der Waals surface area contributed by atoms with Crippen molar-refractivity contribution < 1.29 is 14.3 Å². The van der Waals surface area contributed by atoms with E-state index in [2.05, 4.69) is 5.32 Å². The second kappa shape index (κ2) is 9.46. The molecule has 0 heterocycles. The highest BCUT2D eigenvalue weighted by Crippen LogP contribution is 2.27. The van der Waals surface area contributed by atoms with E-state index in [0.29, 0.717) is 15.8 Å². The van der Waals surface area contributed by atoms with Crippen molar-refractivity contribution in [3.63, 3.8) is 0 Å². The van der Waals surface area contributed by atoms with Gasteiger partial charge in [0.15, 0.2) is 6.61 Å². The molecule has 7 heteroatoms. The van der Waals surface area contributed by atoms with E-state index in [0.717, 1.165) is 17.7 Å². The lowest BCUT2D eigenvalue weighted by molar-refractivity contribution is -0.135. The van der Waals surface area contributed by atoms with Crippen LogP contribution >= 0.6 is 23.2 Å². The van der Waals surface area contributed by atoms with E-state index >= 15 is 0 Å². The summed E-state index contributed by atoms with van der Waals surface area (Å²) in [4.78, 5) is 25.6. The predicted octanol–water partition coefficient (Wildman–Crippen LogP) is 4.03. The third kappa shape index (κ3) is 5.64. The zero-order valence-corrected chi connectivity index (χ0v) is 16.1. The molecule has 2 amide bonds. The van der Waals surface area contributed by atoms with Gasteiger partial charge in [0.1, 0.15) is 5.75 Å². The van der Waals surface area contributed by atoms with Gasteiger partial charge in [-0.05, 0) is 36.2 Å². The third-order valence-corrected chi connectivity index (χ3v) is 4.25. The van der Waals surface area contributed by atoms with E-state index < -0.39 is 0 Å². The Labute approximate surface area is 162 Å². The highest BCUT2D eigenvalue weighted by atomic mass is 35.5. The molecular formula is C19H20Cl2N2O3. The summed E-state index contributed by atoms with van der Waals surface area (Å²) in [7, 11) is 1.54. The lowest BCUT2D eigenvalue weighted by Crippen LogP contribution is -2.37. The molecule has 0 unspecified atom stereocenters. The van der Waals surface area contributed by atoms with Crippen molar-refractivity contribution >= 4 is 40.7 Å². The number of likely N-dealkylation sites (N-methyl/N-ethyl adjacent to an activating group) is 1. The molecule has 0 bridgehead atoms. The first-order valence-electron chi connectivity index (χ1n) is 8.10. The summed E-state index contributed by atoms with van der Waals surface area (Å²) in [5.74, 6) is -0.250. The first-order chi connectivity index (χ1) is 12.4. The van der Waals surface area contributed by atoms with Gasteiger partial charge in [0.2, 0.25) is 5.91 Å². The molecule has 2 aromatic carbocycles. The van der Waals surface area contributed by atoms with Crippen molar-refractivity contribution in [1.29, 1.82) is 0 Å². The molecule has 0 atom stereocenters. The number of nitrogens with one attached hydrogen (secondary N) is 1. The first-order valence-corrected chi connectivity index (χ1v) is 8.86. The van der Waals surface area contributed by atoms with E-state index in [1.54, 1.807) is 19.2 Å². The number of amides is 2. The Hall–Kier alpha value is -2.24. The summed E-state index contributed by atoms with van der Waals surface area (Å²) in [6.45, 7) is 1.71. The number of benzene rings is 2. The van der Waals surface area contributed by atoms with E-state index in [4.69, 9.17) is 27.9 Å². The van der Waals surface area contributed by atoms with Gasteiger partial charge in [0.05, 0.1) is 11.6 Å². The Bertz CT molecular complexity index is 796. The molecule has 1 N–H and O–H groups in total. The zero-order chi connectivity index (χ0) is 19.1. The highest BCUT2D eigenvalue weighted by Gasteiger charge is 2.15. The Morgan fingerprint density at radius 2 is 1.88 bits per heavy atom. The second-order valence-corrected chi connectivity index (χ2v) is 6.52. The van der Waals surface area contributed by atoms with Crippen LogP contribution in [0.5, 0.6) is 5.75 Å². The molecule has 26 heavy (non-hydrogen) atoms. The minimum atomic E-state index is -0.338. The van der Waals surface area contributed by atoms with Crippen LogP contribution in [-0.4, -0.2) is 36.9 Å². The lowest BCUT2D eigenvalue weighted by Gasteiger charge is -2.18. The van der Waals surface area contributed by atoms with Gasteiger partial charge in [-0.1, -0.05) is 48.3 Å². The fourth-order valence-electron chi connectivity index (χ4n) is 2.29. The average molecular weight is 395 g/mol.